The van der Waals surface area contributed by atoms with E-state index in [0.717, 1.165) is 32.8 Å². The molecule has 1 heterocycles. The van der Waals surface area contributed by atoms with Crippen LogP contribution in [-0.2, 0) is 9.59 Å². The van der Waals surface area contributed by atoms with E-state index in [2.05, 4.69) is 5.32 Å². The predicted molar refractivity (Wildman–Crippen MR) is 101 cm³/mol. The van der Waals surface area contributed by atoms with Crippen molar-refractivity contribution in [1.82, 2.24) is 0 Å². The molecular weight excluding hydrogens is 336 g/mol. The molecule has 2 aromatic rings. The normalized spacial score (nSPS) is 14.5. The van der Waals surface area contributed by atoms with E-state index in [1.54, 1.807) is 12.1 Å². The largest absolute Gasteiger partial charge is 0.349 e. The standard InChI is InChI=1S/C20H19ClN2O2/c1-11-5-6-16(14(4)8-11)22-18-17(21)19(24)23(20(18)25)15-9-12(2)7-13(3)10-15/h5-10,22H,1-4H3. The molecule has 1 N–H and O–H groups in total. The van der Waals surface area contributed by atoms with Crippen LogP contribution in [0.3, 0.4) is 0 Å². The minimum absolute atomic E-state index is 0.0934. The molecule has 0 radical (unpaired) electrons. The SMILES string of the molecule is Cc1cc(C)cc(N2C(=O)C(Cl)=C(Nc3ccc(C)cc3C)C2=O)c1. The number of halogens is 1. The molecule has 0 aliphatic carbocycles. The molecule has 0 aromatic heterocycles. The molecular formula is C20H19ClN2O2. The van der Waals surface area contributed by atoms with Gasteiger partial charge in [-0.1, -0.05) is 35.4 Å². The molecule has 128 valence electrons. The van der Waals surface area contributed by atoms with Crippen LogP contribution in [0.4, 0.5) is 11.4 Å². The molecule has 25 heavy (non-hydrogen) atoms. The van der Waals surface area contributed by atoms with E-state index in [9.17, 15) is 9.59 Å². The summed E-state index contributed by atoms with van der Waals surface area (Å²) in [4.78, 5) is 26.5. The first-order valence-electron chi connectivity index (χ1n) is 7.99. The number of carbonyl (C=O) groups excluding carboxylic acids is 2. The average Bonchev–Trinajstić information content (AvgIpc) is 2.72. The highest BCUT2D eigenvalue weighted by Gasteiger charge is 2.39. The van der Waals surface area contributed by atoms with Crippen molar-refractivity contribution in [3.63, 3.8) is 0 Å². The Morgan fingerprint density at radius 3 is 2.08 bits per heavy atom. The number of nitrogens with zero attached hydrogens (tertiary/aromatic N) is 1. The van der Waals surface area contributed by atoms with Crippen molar-refractivity contribution < 1.29 is 9.59 Å². The van der Waals surface area contributed by atoms with Crippen molar-refractivity contribution >= 4 is 34.8 Å². The zero-order valence-electron chi connectivity index (χ0n) is 14.6. The highest BCUT2D eigenvalue weighted by molar-refractivity contribution is 6.53. The fraction of sp³-hybridized carbons (Fsp3) is 0.200. The van der Waals surface area contributed by atoms with Gasteiger partial charge in [0.1, 0.15) is 10.7 Å². The van der Waals surface area contributed by atoms with E-state index in [1.165, 1.54) is 0 Å². The van der Waals surface area contributed by atoms with Crippen molar-refractivity contribution in [2.45, 2.75) is 27.7 Å². The first-order valence-corrected chi connectivity index (χ1v) is 8.37. The molecule has 1 aliphatic heterocycles. The predicted octanol–water partition coefficient (Wildman–Crippen LogP) is 4.36. The fourth-order valence-electron chi connectivity index (χ4n) is 3.01. The number of nitrogens with one attached hydrogen (secondary N) is 1. The number of hydrogen-bond donors (Lipinski definition) is 1. The van der Waals surface area contributed by atoms with E-state index >= 15 is 0 Å². The number of anilines is 2. The van der Waals surface area contributed by atoms with E-state index in [4.69, 9.17) is 11.6 Å². The van der Waals surface area contributed by atoms with Crippen molar-refractivity contribution in [3.8, 4) is 0 Å². The Morgan fingerprint density at radius 1 is 0.840 bits per heavy atom. The van der Waals surface area contributed by atoms with Crippen molar-refractivity contribution in [2.24, 2.45) is 0 Å². The Kier molecular flexibility index (Phi) is 4.39. The molecule has 3 rings (SSSR count). The van der Waals surface area contributed by atoms with Crippen molar-refractivity contribution in [1.29, 1.82) is 0 Å². The molecule has 4 nitrogen and oxygen atoms in total. The third kappa shape index (κ3) is 3.17. The summed E-state index contributed by atoms with van der Waals surface area (Å²) in [6, 6.07) is 11.4. The van der Waals surface area contributed by atoms with Gasteiger partial charge >= 0.3 is 0 Å². The third-order valence-electron chi connectivity index (χ3n) is 4.13. The zero-order chi connectivity index (χ0) is 18.3. The Bertz CT molecular complexity index is 911. The lowest BCUT2D eigenvalue weighted by molar-refractivity contribution is -0.120. The van der Waals surface area contributed by atoms with Crippen LogP contribution in [0.2, 0.25) is 0 Å². The monoisotopic (exact) mass is 354 g/mol. The molecule has 0 spiro atoms. The van der Waals surface area contributed by atoms with Gasteiger partial charge in [-0.2, -0.15) is 0 Å². The molecule has 1 aliphatic rings. The Labute approximate surface area is 152 Å². The van der Waals surface area contributed by atoms with Gasteiger partial charge in [0.05, 0.1) is 5.69 Å². The Hall–Kier alpha value is -2.59. The summed E-state index contributed by atoms with van der Waals surface area (Å²) in [5, 5.41) is 2.94. The molecule has 0 fully saturated rings. The summed E-state index contributed by atoms with van der Waals surface area (Å²) in [7, 11) is 0. The highest BCUT2D eigenvalue weighted by Crippen LogP contribution is 2.31. The summed E-state index contributed by atoms with van der Waals surface area (Å²) >= 11 is 6.19. The molecule has 5 heteroatoms. The molecule has 0 unspecified atom stereocenters. The number of amides is 2. The van der Waals surface area contributed by atoms with Gasteiger partial charge in [0, 0.05) is 5.69 Å². The van der Waals surface area contributed by atoms with Gasteiger partial charge in [0.15, 0.2) is 0 Å². The van der Waals surface area contributed by atoms with E-state index in [-0.39, 0.29) is 10.7 Å². The topological polar surface area (TPSA) is 49.4 Å². The van der Waals surface area contributed by atoms with Gasteiger partial charge < -0.3 is 5.32 Å². The number of hydrogen-bond acceptors (Lipinski definition) is 3. The second-order valence-corrected chi connectivity index (χ2v) is 6.80. The van der Waals surface area contributed by atoms with Gasteiger partial charge in [-0.15, -0.1) is 0 Å². The number of benzene rings is 2. The van der Waals surface area contributed by atoms with Crippen LogP contribution in [0, 0.1) is 27.7 Å². The number of rotatable bonds is 3. The third-order valence-corrected chi connectivity index (χ3v) is 4.48. The lowest BCUT2D eigenvalue weighted by atomic mass is 10.1. The second kappa shape index (κ2) is 6.37. The number of imide groups is 1. The zero-order valence-corrected chi connectivity index (χ0v) is 15.4. The Balaban J connectivity index is 1.96. The first kappa shape index (κ1) is 17.2. The van der Waals surface area contributed by atoms with Gasteiger partial charge in [0.2, 0.25) is 0 Å². The van der Waals surface area contributed by atoms with E-state index in [0.29, 0.717) is 5.69 Å². The molecule has 0 saturated carbocycles. The number of carbonyl (C=O) groups is 2. The number of aryl methyl sites for hydroxylation is 4. The smallest absolute Gasteiger partial charge is 0.283 e. The quantitative estimate of drug-likeness (QED) is 0.833. The molecule has 2 aromatic carbocycles. The molecule has 0 bridgehead atoms. The van der Waals surface area contributed by atoms with Gasteiger partial charge in [0.25, 0.3) is 11.8 Å². The lowest BCUT2D eigenvalue weighted by Crippen LogP contribution is -2.32. The molecule has 0 saturated heterocycles. The Morgan fingerprint density at radius 2 is 1.48 bits per heavy atom. The summed E-state index contributed by atoms with van der Waals surface area (Å²) in [6.45, 7) is 7.78. The highest BCUT2D eigenvalue weighted by atomic mass is 35.5. The maximum atomic E-state index is 12.8. The first-order chi connectivity index (χ1) is 11.8. The van der Waals surface area contributed by atoms with Gasteiger partial charge in [-0.25, -0.2) is 4.90 Å². The minimum atomic E-state index is -0.510. The van der Waals surface area contributed by atoms with Crippen LogP contribution in [0.15, 0.2) is 47.1 Å². The maximum Gasteiger partial charge on any atom is 0.283 e. The summed E-state index contributed by atoms with van der Waals surface area (Å²) in [6.07, 6.45) is 0. The minimum Gasteiger partial charge on any atom is -0.349 e. The van der Waals surface area contributed by atoms with Crippen molar-refractivity contribution in [2.75, 3.05) is 10.2 Å². The maximum absolute atomic E-state index is 12.8. The molecule has 0 atom stereocenters. The van der Waals surface area contributed by atoms with Crippen LogP contribution in [0.1, 0.15) is 22.3 Å². The summed E-state index contributed by atoms with van der Waals surface area (Å²) in [5.74, 6) is -0.955. The van der Waals surface area contributed by atoms with Gasteiger partial charge in [-0.3, -0.25) is 9.59 Å². The summed E-state index contributed by atoms with van der Waals surface area (Å²) in [5.41, 5.74) is 5.43. The summed E-state index contributed by atoms with van der Waals surface area (Å²) < 4.78 is 0. The fourth-order valence-corrected chi connectivity index (χ4v) is 3.23. The van der Waals surface area contributed by atoms with E-state index < -0.39 is 11.8 Å². The van der Waals surface area contributed by atoms with Crippen LogP contribution in [0.25, 0.3) is 0 Å². The van der Waals surface area contributed by atoms with Crippen molar-refractivity contribution in [3.05, 3.63) is 69.4 Å². The van der Waals surface area contributed by atoms with Crippen LogP contribution < -0.4 is 10.2 Å². The second-order valence-electron chi connectivity index (χ2n) is 6.42. The van der Waals surface area contributed by atoms with Crippen LogP contribution in [-0.4, -0.2) is 11.8 Å². The lowest BCUT2D eigenvalue weighted by Gasteiger charge is -2.17. The van der Waals surface area contributed by atoms with Crippen LogP contribution in [0.5, 0.6) is 0 Å². The van der Waals surface area contributed by atoms with Crippen LogP contribution >= 0.6 is 11.6 Å². The van der Waals surface area contributed by atoms with E-state index in [1.807, 2.05) is 52.0 Å². The molecule has 2 amide bonds. The van der Waals surface area contributed by atoms with Gasteiger partial charge in [-0.05, 0) is 62.6 Å². The average molecular weight is 355 g/mol.